The summed E-state index contributed by atoms with van der Waals surface area (Å²) in [5, 5.41) is 8.19. The van der Waals surface area contributed by atoms with E-state index < -0.39 is 15.3 Å². The largest absolute Gasteiger partial charge is 0.395 e. The molecule has 2 atom stereocenters. The van der Waals surface area contributed by atoms with Gasteiger partial charge in [-0.1, -0.05) is 0 Å². The minimum absolute atomic E-state index is 0.0488. The zero-order valence-corrected chi connectivity index (χ0v) is 10.1. The highest BCUT2D eigenvalue weighted by molar-refractivity contribution is 7.99. The topological polar surface area (TPSA) is 57.6 Å². The van der Waals surface area contributed by atoms with Gasteiger partial charge in [0.05, 0.1) is 11.9 Å². The fourth-order valence-corrected chi connectivity index (χ4v) is 4.21. The van der Waals surface area contributed by atoms with Crippen molar-refractivity contribution in [2.45, 2.75) is 25.1 Å². The molecule has 0 saturated carbocycles. The first-order chi connectivity index (χ1) is 6.50. The van der Waals surface area contributed by atoms with Crippen LogP contribution in [-0.4, -0.2) is 53.8 Å². The molecule has 84 valence electrons. The third kappa shape index (κ3) is 2.42. The predicted molar refractivity (Wildman–Crippen MR) is 59.0 cm³/mol. The Bertz CT molecular complexity index is 278. The average Bonchev–Trinajstić information content (AvgIpc) is 2.17. The van der Waals surface area contributed by atoms with Crippen LogP contribution in [0.25, 0.3) is 0 Å². The second kappa shape index (κ2) is 4.83. The highest BCUT2D eigenvalue weighted by Gasteiger charge is 2.33. The van der Waals surface area contributed by atoms with Crippen molar-refractivity contribution in [3.05, 3.63) is 0 Å². The molecule has 0 aromatic rings. The van der Waals surface area contributed by atoms with Gasteiger partial charge in [0.15, 0.2) is 0 Å². The summed E-state index contributed by atoms with van der Waals surface area (Å²) in [6.07, 6.45) is 0. The minimum atomic E-state index is -3.29. The molecule has 1 aliphatic rings. The van der Waals surface area contributed by atoms with Crippen LogP contribution in [0, 0.1) is 0 Å². The standard InChI is InChI=1S/C8H17NO3S2/c1-7-6-13-4-3-9(7)14(11,12)8(2)5-10/h7-8,10H,3-6H2,1-2H3. The number of nitrogens with zero attached hydrogens (tertiary/aromatic N) is 1. The Balaban J connectivity index is 2.80. The summed E-state index contributed by atoms with van der Waals surface area (Å²) in [5.41, 5.74) is 0. The van der Waals surface area contributed by atoms with Gasteiger partial charge in [0.1, 0.15) is 0 Å². The lowest BCUT2D eigenvalue weighted by Gasteiger charge is -2.33. The summed E-state index contributed by atoms with van der Waals surface area (Å²) < 4.78 is 25.3. The first-order valence-corrected chi connectivity index (χ1v) is 7.35. The van der Waals surface area contributed by atoms with Crippen molar-refractivity contribution in [2.24, 2.45) is 0 Å². The van der Waals surface area contributed by atoms with Gasteiger partial charge in [-0.3, -0.25) is 0 Å². The van der Waals surface area contributed by atoms with E-state index in [4.69, 9.17) is 5.11 Å². The number of sulfonamides is 1. The van der Waals surface area contributed by atoms with Gasteiger partial charge in [-0.05, 0) is 13.8 Å². The van der Waals surface area contributed by atoms with Gasteiger partial charge in [-0.25, -0.2) is 8.42 Å². The van der Waals surface area contributed by atoms with E-state index in [1.807, 2.05) is 6.92 Å². The molecule has 6 heteroatoms. The Labute approximate surface area is 89.7 Å². The molecule has 1 N–H and O–H groups in total. The number of aliphatic hydroxyl groups excluding tert-OH is 1. The summed E-state index contributed by atoms with van der Waals surface area (Å²) in [6.45, 7) is 3.72. The molecule has 0 aromatic heterocycles. The monoisotopic (exact) mass is 239 g/mol. The molecular formula is C8H17NO3S2. The van der Waals surface area contributed by atoms with Crippen LogP contribution in [0.15, 0.2) is 0 Å². The van der Waals surface area contributed by atoms with Crippen LogP contribution in [0.4, 0.5) is 0 Å². The highest BCUT2D eigenvalue weighted by Crippen LogP contribution is 2.21. The van der Waals surface area contributed by atoms with Crippen molar-refractivity contribution < 1.29 is 13.5 Å². The minimum Gasteiger partial charge on any atom is -0.395 e. The van der Waals surface area contributed by atoms with E-state index in [1.165, 1.54) is 4.31 Å². The van der Waals surface area contributed by atoms with Crippen LogP contribution in [0.5, 0.6) is 0 Å². The zero-order valence-electron chi connectivity index (χ0n) is 8.51. The molecular weight excluding hydrogens is 222 g/mol. The van der Waals surface area contributed by atoms with E-state index in [9.17, 15) is 8.42 Å². The summed E-state index contributed by atoms with van der Waals surface area (Å²) >= 11 is 1.77. The third-order valence-electron chi connectivity index (χ3n) is 2.40. The Hall–Kier alpha value is 0.220. The molecule has 14 heavy (non-hydrogen) atoms. The van der Waals surface area contributed by atoms with Crippen molar-refractivity contribution in [2.75, 3.05) is 24.7 Å². The van der Waals surface area contributed by atoms with E-state index >= 15 is 0 Å². The predicted octanol–water partition coefficient (Wildman–Crippen LogP) is 0.134. The van der Waals surface area contributed by atoms with Gasteiger partial charge in [0, 0.05) is 24.1 Å². The number of thioether (sulfide) groups is 1. The van der Waals surface area contributed by atoms with Crippen LogP contribution in [-0.2, 0) is 10.0 Å². The summed E-state index contributed by atoms with van der Waals surface area (Å²) in [5.74, 6) is 1.69. The first-order valence-electron chi connectivity index (χ1n) is 4.69. The SMILES string of the molecule is CC1CSCCN1S(=O)(=O)C(C)CO. The Morgan fingerprint density at radius 2 is 2.29 bits per heavy atom. The van der Waals surface area contributed by atoms with Gasteiger partial charge >= 0.3 is 0 Å². The van der Waals surface area contributed by atoms with E-state index in [0.717, 1.165) is 11.5 Å². The number of aliphatic hydroxyl groups is 1. The van der Waals surface area contributed by atoms with Crippen molar-refractivity contribution in [3.63, 3.8) is 0 Å². The lowest BCUT2D eigenvalue weighted by atomic mass is 10.4. The van der Waals surface area contributed by atoms with E-state index in [1.54, 1.807) is 18.7 Å². The van der Waals surface area contributed by atoms with Gasteiger partial charge in [-0.15, -0.1) is 0 Å². The lowest BCUT2D eigenvalue weighted by molar-refractivity contribution is 0.284. The summed E-state index contributed by atoms with van der Waals surface area (Å²) in [7, 11) is -3.29. The second-order valence-corrected chi connectivity index (χ2v) is 7.03. The molecule has 0 aromatic carbocycles. The molecule has 0 spiro atoms. The lowest BCUT2D eigenvalue weighted by Crippen LogP contribution is -2.48. The second-order valence-electron chi connectivity index (χ2n) is 3.57. The quantitative estimate of drug-likeness (QED) is 0.761. The molecule has 1 fully saturated rings. The van der Waals surface area contributed by atoms with E-state index in [-0.39, 0.29) is 12.6 Å². The zero-order chi connectivity index (χ0) is 10.8. The molecule has 0 aliphatic carbocycles. The maximum absolute atomic E-state index is 11.9. The van der Waals surface area contributed by atoms with Crippen LogP contribution in [0.2, 0.25) is 0 Å². The fourth-order valence-electron chi connectivity index (χ4n) is 1.42. The third-order valence-corrected chi connectivity index (χ3v) is 5.95. The summed E-state index contributed by atoms with van der Waals surface area (Å²) in [6, 6.07) is 0.0488. The van der Waals surface area contributed by atoms with Gasteiger partial charge in [-0.2, -0.15) is 16.1 Å². The Morgan fingerprint density at radius 3 is 2.79 bits per heavy atom. The maximum atomic E-state index is 11.9. The van der Waals surface area contributed by atoms with E-state index in [2.05, 4.69) is 0 Å². The molecule has 4 nitrogen and oxygen atoms in total. The Kier molecular flexibility index (Phi) is 4.24. The molecule has 1 saturated heterocycles. The fraction of sp³-hybridized carbons (Fsp3) is 1.00. The van der Waals surface area contributed by atoms with Gasteiger partial charge in [0.25, 0.3) is 0 Å². The summed E-state index contributed by atoms with van der Waals surface area (Å²) in [4.78, 5) is 0. The van der Waals surface area contributed by atoms with Crippen LogP contribution >= 0.6 is 11.8 Å². The molecule has 0 bridgehead atoms. The molecule has 1 aliphatic heterocycles. The smallest absolute Gasteiger partial charge is 0.219 e. The van der Waals surface area contributed by atoms with Crippen molar-refractivity contribution >= 4 is 21.8 Å². The van der Waals surface area contributed by atoms with E-state index in [0.29, 0.717) is 6.54 Å². The number of hydrogen-bond donors (Lipinski definition) is 1. The van der Waals surface area contributed by atoms with Crippen molar-refractivity contribution in [1.29, 1.82) is 0 Å². The number of rotatable bonds is 3. The molecule has 2 unspecified atom stereocenters. The molecule has 1 rings (SSSR count). The van der Waals surface area contributed by atoms with Gasteiger partial charge < -0.3 is 5.11 Å². The van der Waals surface area contributed by atoms with Crippen LogP contribution in [0.1, 0.15) is 13.8 Å². The highest BCUT2D eigenvalue weighted by atomic mass is 32.2. The Morgan fingerprint density at radius 1 is 1.64 bits per heavy atom. The maximum Gasteiger partial charge on any atom is 0.219 e. The average molecular weight is 239 g/mol. The van der Waals surface area contributed by atoms with Crippen LogP contribution < -0.4 is 0 Å². The molecule has 0 radical (unpaired) electrons. The van der Waals surface area contributed by atoms with Gasteiger partial charge in [0.2, 0.25) is 10.0 Å². The molecule has 0 amide bonds. The first kappa shape index (κ1) is 12.3. The van der Waals surface area contributed by atoms with Crippen molar-refractivity contribution in [3.8, 4) is 0 Å². The number of hydrogen-bond acceptors (Lipinski definition) is 4. The van der Waals surface area contributed by atoms with Crippen LogP contribution in [0.3, 0.4) is 0 Å². The molecule has 1 heterocycles. The normalized spacial score (nSPS) is 27.5. The van der Waals surface area contributed by atoms with Crippen molar-refractivity contribution in [1.82, 2.24) is 4.31 Å².